The van der Waals surface area contributed by atoms with Gasteiger partial charge in [0.25, 0.3) is 0 Å². The molecule has 0 amide bonds. The zero-order valence-corrected chi connectivity index (χ0v) is 8.83. The summed E-state index contributed by atoms with van der Waals surface area (Å²) < 4.78 is 1.79. The molecule has 1 unspecified atom stereocenters. The lowest BCUT2D eigenvalue weighted by molar-refractivity contribution is 0.452. The van der Waals surface area contributed by atoms with Gasteiger partial charge in [0.15, 0.2) is 5.75 Å². The lowest BCUT2D eigenvalue weighted by Gasteiger charge is -2.08. The van der Waals surface area contributed by atoms with Crippen molar-refractivity contribution in [3.05, 3.63) is 11.4 Å². The van der Waals surface area contributed by atoms with Gasteiger partial charge in [-0.25, -0.2) is 0 Å². The van der Waals surface area contributed by atoms with Crippen molar-refractivity contribution in [1.29, 1.82) is 0 Å². The summed E-state index contributed by atoms with van der Waals surface area (Å²) in [5, 5.41) is 14.1. The van der Waals surface area contributed by atoms with Crippen molar-refractivity contribution in [2.24, 2.45) is 7.05 Å². The molecule has 0 bridgehead atoms. The van der Waals surface area contributed by atoms with Gasteiger partial charge in [0, 0.05) is 13.0 Å². The summed E-state index contributed by atoms with van der Waals surface area (Å²) in [7, 11) is 1.89. The SMILES string of the molecule is CCc1nn(C)c(C(C)CC)c1O. The van der Waals surface area contributed by atoms with Crippen molar-refractivity contribution in [2.45, 2.75) is 39.5 Å². The van der Waals surface area contributed by atoms with Crippen molar-refractivity contribution >= 4 is 0 Å². The van der Waals surface area contributed by atoms with Gasteiger partial charge in [-0.2, -0.15) is 5.10 Å². The Labute approximate surface area is 79.4 Å². The van der Waals surface area contributed by atoms with Crippen LogP contribution >= 0.6 is 0 Å². The molecule has 74 valence electrons. The Hall–Kier alpha value is -0.990. The third-order valence-corrected chi connectivity index (χ3v) is 2.55. The van der Waals surface area contributed by atoms with E-state index in [0.29, 0.717) is 11.7 Å². The first-order valence-corrected chi connectivity index (χ1v) is 4.86. The molecule has 0 saturated heterocycles. The maximum absolute atomic E-state index is 9.83. The van der Waals surface area contributed by atoms with E-state index in [1.807, 2.05) is 14.0 Å². The van der Waals surface area contributed by atoms with Gasteiger partial charge in [0.05, 0.1) is 5.69 Å². The number of hydrogen-bond acceptors (Lipinski definition) is 2. The number of aromatic hydroxyl groups is 1. The van der Waals surface area contributed by atoms with Crippen molar-refractivity contribution in [3.63, 3.8) is 0 Å². The van der Waals surface area contributed by atoms with E-state index in [4.69, 9.17) is 0 Å². The van der Waals surface area contributed by atoms with Crippen LogP contribution in [-0.2, 0) is 13.5 Å². The molecular formula is C10H18N2O. The van der Waals surface area contributed by atoms with E-state index in [0.717, 1.165) is 24.2 Å². The molecule has 0 saturated carbocycles. The lowest BCUT2D eigenvalue weighted by atomic mass is 10.0. The fourth-order valence-electron chi connectivity index (χ4n) is 1.57. The molecule has 0 aromatic carbocycles. The number of hydrogen-bond donors (Lipinski definition) is 1. The maximum Gasteiger partial charge on any atom is 0.160 e. The smallest absolute Gasteiger partial charge is 0.160 e. The van der Waals surface area contributed by atoms with Crippen LogP contribution in [-0.4, -0.2) is 14.9 Å². The molecule has 0 fully saturated rings. The molecule has 1 atom stereocenters. The molecule has 1 N–H and O–H groups in total. The number of aromatic nitrogens is 2. The summed E-state index contributed by atoms with van der Waals surface area (Å²) in [6.45, 7) is 6.22. The standard InChI is InChI=1S/C10H18N2O/c1-5-7(3)9-10(13)8(6-2)11-12(9)4/h7,13H,5-6H2,1-4H3. The summed E-state index contributed by atoms with van der Waals surface area (Å²) in [5.74, 6) is 0.761. The second-order valence-electron chi connectivity index (χ2n) is 3.47. The monoisotopic (exact) mass is 182 g/mol. The third-order valence-electron chi connectivity index (χ3n) is 2.55. The second-order valence-corrected chi connectivity index (χ2v) is 3.47. The average Bonchev–Trinajstić information content (AvgIpc) is 2.40. The molecule has 1 heterocycles. The minimum Gasteiger partial charge on any atom is -0.504 e. The predicted molar refractivity (Wildman–Crippen MR) is 53.0 cm³/mol. The van der Waals surface area contributed by atoms with Gasteiger partial charge >= 0.3 is 0 Å². The van der Waals surface area contributed by atoms with Gasteiger partial charge in [-0.15, -0.1) is 0 Å². The molecule has 1 rings (SSSR count). The minimum absolute atomic E-state index is 0.373. The molecule has 3 nitrogen and oxygen atoms in total. The van der Waals surface area contributed by atoms with Crippen LogP contribution in [0.1, 0.15) is 44.5 Å². The molecule has 13 heavy (non-hydrogen) atoms. The molecule has 3 heteroatoms. The molecule has 0 aliphatic carbocycles. The van der Waals surface area contributed by atoms with E-state index in [9.17, 15) is 5.11 Å². The van der Waals surface area contributed by atoms with Gasteiger partial charge in [-0.1, -0.05) is 20.8 Å². The van der Waals surface area contributed by atoms with E-state index in [1.165, 1.54) is 0 Å². The summed E-state index contributed by atoms with van der Waals surface area (Å²) in [5.41, 5.74) is 1.76. The van der Waals surface area contributed by atoms with E-state index in [1.54, 1.807) is 4.68 Å². The molecule has 0 aliphatic heterocycles. The summed E-state index contributed by atoms with van der Waals surface area (Å²) >= 11 is 0. The van der Waals surface area contributed by atoms with Crippen molar-refractivity contribution in [3.8, 4) is 5.75 Å². The average molecular weight is 182 g/mol. The van der Waals surface area contributed by atoms with Crippen LogP contribution < -0.4 is 0 Å². The molecular weight excluding hydrogens is 164 g/mol. The topological polar surface area (TPSA) is 38.0 Å². The minimum atomic E-state index is 0.373. The van der Waals surface area contributed by atoms with Crippen LogP contribution in [0.4, 0.5) is 0 Å². The van der Waals surface area contributed by atoms with Gasteiger partial charge in [-0.3, -0.25) is 4.68 Å². The maximum atomic E-state index is 9.83. The highest BCUT2D eigenvalue weighted by Crippen LogP contribution is 2.30. The highest BCUT2D eigenvalue weighted by atomic mass is 16.3. The second kappa shape index (κ2) is 3.81. The molecule has 0 radical (unpaired) electrons. The van der Waals surface area contributed by atoms with E-state index in [2.05, 4.69) is 18.9 Å². The van der Waals surface area contributed by atoms with E-state index in [-0.39, 0.29) is 0 Å². The zero-order chi connectivity index (χ0) is 10.0. The van der Waals surface area contributed by atoms with Gasteiger partial charge in [0.2, 0.25) is 0 Å². The normalized spacial score (nSPS) is 13.2. The van der Waals surface area contributed by atoms with Crippen LogP contribution in [0.5, 0.6) is 5.75 Å². The van der Waals surface area contributed by atoms with Crippen LogP contribution in [0, 0.1) is 0 Å². The Kier molecular flexibility index (Phi) is 2.96. The predicted octanol–water partition coefficient (Wildman–Crippen LogP) is 2.20. The molecule has 1 aromatic rings. The number of aryl methyl sites for hydroxylation is 2. The van der Waals surface area contributed by atoms with Crippen molar-refractivity contribution in [2.75, 3.05) is 0 Å². The Morgan fingerprint density at radius 3 is 2.46 bits per heavy atom. The van der Waals surface area contributed by atoms with E-state index < -0.39 is 0 Å². The Bertz CT molecular complexity index is 291. The highest BCUT2D eigenvalue weighted by Gasteiger charge is 2.17. The van der Waals surface area contributed by atoms with Gasteiger partial charge in [0.1, 0.15) is 5.69 Å². The molecule has 1 aromatic heterocycles. The van der Waals surface area contributed by atoms with Crippen molar-refractivity contribution in [1.82, 2.24) is 9.78 Å². The Morgan fingerprint density at radius 1 is 1.46 bits per heavy atom. The Morgan fingerprint density at radius 2 is 2.08 bits per heavy atom. The first-order chi connectivity index (χ1) is 6.11. The largest absolute Gasteiger partial charge is 0.504 e. The molecule has 0 aliphatic rings. The molecule has 0 spiro atoms. The van der Waals surface area contributed by atoms with Crippen LogP contribution in [0.15, 0.2) is 0 Å². The van der Waals surface area contributed by atoms with Gasteiger partial charge in [-0.05, 0) is 12.8 Å². The zero-order valence-electron chi connectivity index (χ0n) is 8.83. The lowest BCUT2D eigenvalue weighted by Crippen LogP contribution is -2.01. The summed E-state index contributed by atoms with van der Waals surface area (Å²) in [6, 6.07) is 0. The van der Waals surface area contributed by atoms with Crippen LogP contribution in [0.2, 0.25) is 0 Å². The fraction of sp³-hybridized carbons (Fsp3) is 0.700. The number of nitrogens with zero attached hydrogens (tertiary/aromatic N) is 2. The Balaban J connectivity index is 3.12. The van der Waals surface area contributed by atoms with Crippen LogP contribution in [0.3, 0.4) is 0 Å². The van der Waals surface area contributed by atoms with Crippen molar-refractivity contribution < 1.29 is 5.11 Å². The third kappa shape index (κ3) is 1.69. The first kappa shape index (κ1) is 10.1. The summed E-state index contributed by atoms with van der Waals surface area (Å²) in [6.07, 6.45) is 1.81. The summed E-state index contributed by atoms with van der Waals surface area (Å²) in [4.78, 5) is 0. The highest BCUT2D eigenvalue weighted by molar-refractivity contribution is 5.34. The first-order valence-electron chi connectivity index (χ1n) is 4.86. The number of rotatable bonds is 3. The van der Waals surface area contributed by atoms with E-state index >= 15 is 0 Å². The fourth-order valence-corrected chi connectivity index (χ4v) is 1.57. The quantitative estimate of drug-likeness (QED) is 0.778. The van der Waals surface area contributed by atoms with Crippen LogP contribution in [0.25, 0.3) is 0 Å². The van der Waals surface area contributed by atoms with Gasteiger partial charge < -0.3 is 5.11 Å².